The molecule has 1 aromatic heterocycles. The van der Waals surface area contributed by atoms with Crippen molar-refractivity contribution in [3.63, 3.8) is 0 Å². The van der Waals surface area contributed by atoms with Gasteiger partial charge < -0.3 is 10.1 Å². The van der Waals surface area contributed by atoms with E-state index in [1.54, 1.807) is 11.3 Å². The molecule has 1 amide bonds. The van der Waals surface area contributed by atoms with E-state index in [0.29, 0.717) is 6.42 Å². The highest BCUT2D eigenvalue weighted by Gasteiger charge is 2.42. The second kappa shape index (κ2) is 8.60. The Balaban J connectivity index is 1.42. The van der Waals surface area contributed by atoms with Crippen LogP contribution in [0.3, 0.4) is 0 Å². The van der Waals surface area contributed by atoms with Crippen LogP contribution < -0.4 is 5.32 Å². The van der Waals surface area contributed by atoms with Crippen molar-refractivity contribution in [2.45, 2.75) is 70.3 Å². The van der Waals surface area contributed by atoms with Gasteiger partial charge in [0, 0.05) is 12.5 Å². The summed E-state index contributed by atoms with van der Waals surface area (Å²) in [6, 6.07) is 8.32. The van der Waals surface area contributed by atoms with Crippen molar-refractivity contribution in [3.05, 3.63) is 29.3 Å². The van der Waals surface area contributed by atoms with Crippen LogP contribution in [-0.4, -0.2) is 29.5 Å². The first-order valence-corrected chi connectivity index (χ1v) is 11.3. The van der Waals surface area contributed by atoms with Crippen LogP contribution in [0.25, 0.3) is 10.2 Å². The fourth-order valence-electron chi connectivity index (χ4n) is 4.59. The Morgan fingerprint density at radius 2 is 1.86 bits per heavy atom. The van der Waals surface area contributed by atoms with Crippen LogP contribution in [0.5, 0.6) is 0 Å². The highest BCUT2D eigenvalue weighted by Crippen LogP contribution is 2.41. The Labute approximate surface area is 169 Å². The molecule has 1 heterocycles. The molecule has 1 aromatic carbocycles. The highest BCUT2D eigenvalue weighted by molar-refractivity contribution is 7.18. The van der Waals surface area contributed by atoms with E-state index in [2.05, 4.69) is 11.4 Å². The maximum absolute atomic E-state index is 13.1. The minimum Gasteiger partial charge on any atom is -0.455 e. The molecule has 2 aromatic rings. The van der Waals surface area contributed by atoms with Gasteiger partial charge in [0.1, 0.15) is 0 Å². The Morgan fingerprint density at radius 3 is 2.61 bits per heavy atom. The molecule has 0 radical (unpaired) electrons. The molecule has 0 saturated heterocycles. The summed E-state index contributed by atoms with van der Waals surface area (Å²) in [7, 11) is 0. The monoisotopic (exact) mass is 400 g/mol. The third kappa shape index (κ3) is 4.37. The van der Waals surface area contributed by atoms with E-state index in [1.165, 1.54) is 0 Å². The number of fused-ring (bicyclic) bond motifs is 1. The normalized spacial score (nSPS) is 19.6. The molecular weight excluding hydrogens is 372 g/mol. The second-order valence-electron chi connectivity index (χ2n) is 8.22. The fraction of sp³-hybridized carbons (Fsp3) is 0.591. The molecule has 6 heteroatoms. The topological polar surface area (TPSA) is 68.3 Å². The zero-order valence-electron chi connectivity index (χ0n) is 16.2. The number of nitrogens with one attached hydrogen (secondary N) is 1. The Hall–Kier alpha value is -1.95. The van der Waals surface area contributed by atoms with E-state index in [-0.39, 0.29) is 24.5 Å². The predicted octanol–water partition coefficient (Wildman–Crippen LogP) is 4.39. The van der Waals surface area contributed by atoms with Crippen LogP contribution in [0.4, 0.5) is 0 Å². The SMILES string of the molecule is O=C(COC(=O)C1(Cc2nc3ccccc3s2)CCCCC1)NC1CCCC1. The van der Waals surface area contributed by atoms with Crippen LogP contribution in [-0.2, 0) is 20.7 Å². The maximum atomic E-state index is 13.1. The number of thiazole rings is 1. The van der Waals surface area contributed by atoms with Crippen molar-refractivity contribution in [3.8, 4) is 0 Å². The van der Waals surface area contributed by atoms with E-state index in [9.17, 15) is 9.59 Å². The average molecular weight is 401 g/mol. The fourth-order valence-corrected chi connectivity index (χ4v) is 5.70. The molecule has 4 rings (SSSR count). The summed E-state index contributed by atoms with van der Waals surface area (Å²) in [6.07, 6.45) is 9.81. The third-order valence-corrected chi connectivity index (χ3v) is 7.16. The minimum atomic E-state index is -0.542. The van der Waals surface area contributed by atoms with Gasteiger partial charge in [-0.05, 0) is 37.8 Å². The van der Waals surface area contributed by atoms with Gasteiger partial charge in [-0.25, -0.2) is 4.98 Å². The molecule has 2 fully saturated rings. The summed E-state index contributed by atoms with van der Waals surface area (Å²) < 4.78 is 6.68. The summed E-state index contributed by atoms with van der Waals surface area (Å²) in [5.74, 6) is -0.403. The molecule has 0 atom stereocenters. The first-order valence-electron chi connectivity index (χ1n) is 10.5. The second-order valence-corrected chi connectivity index (χ2v) is 9.33. The number of hydrogen-bond donors (Lipinski definition) is 1. The van der Waals surface area contributed by atoms with Gasteiger partial charge in [-0.1, -0.05) is 44.2 Å². The molecule has 2 saturated carbocycles. The van der Waals surface area contributed by atoms with E-state index < -0.39 is 5.41 Å². The Morgan fingerprint density at radius 1 is 1.11 bits per heavy atom. The molecule has 1 N–H and O–H groups in total. The number of hydrogen-bond acceptors (Lipinski definition) is 5. The molecule has 0 spiro atoms. The van der Waals surface area contributed by atoms with E-state index in [4.69, 9.17) is 9.72 Å². The van der Waals surface area contributed by atoms with Crippen molar-refractivity contribution < 1.29 is 14.3 Å². The van der Waals surface area contributed by atoms with Crippen LogP contribution in [0, 0.1) is 5.41 Å². The lowest BCUT2D eigenvalue weighted by molar-refractivity contribution is -0.161. The maximum Gasteiger partial charge on any atom is 0.313 e. The Kier molecular flexibility index (Phi) is 5.95. The summed E-state index contributed by atoms with van der Waals surface area (Å²) in [4.78, 5) is 30.0. The molecule has 28 heavy (non-hydrogen) atoms. The summed E-state index contributed by atoms with van der Waals surface area (Å²) >= 11 is 1.65. The third-order valence-electron chi connectivity index (χ3n) is 6.13. The van der Waals surface area contributed by atoms with Gasteiger partial charge >= 0.3 is 5.97 Å². The molecule has 150 valence electrons. The zero-order chi connectivity index (χ0) is 19.4. The first kappa shape index (κ1) is 19.4. The quantitative estimate of drug-likeness (QED) is 0.730. The van der Waals surface area contributed by atoms with Crippen LogP contribution in [0.1, 0.15) is 62.8 Å². The molecule has 0 unspecified atom stereocenters. The smallest absolute Gasteiger partial charge is 0.313 e. The van der Waals surface area contributed by atoms with Gasteiger partial charge in [-0.3, -0.25) is 9.59 Å². The minimum absolute atomic E-state index is 0.170. The number of carbonyl (C=O) groups excluding carboxylic acids is 2. The van der Waals surface area contributed by atoms with Crippen molar-refractivity contribution >= 4 is 33.4 Å². The summed E-state index contributed by atoms with van der Waals surface area (Å²) in [6.45, 7) is -0.170. The average Bonchev–Trinajstić information content (AvgIpc) is 3.35. The molecule has 5 nitrogen and oxygen atoms in total. The zero-order valence-corrected chi connectivity index (χ0v) is 17.1. The standard InChI is InChI=1S/C22H28N2O3S/c25-19(23-16-8-2-3-9-16)15-27-21(26)22(12-6-1-7-13-22)14-20-24-17-10-4-5-11-18(17)28-20/h4-5,10-11,16H,1-3,6-9,12-15H2,(H,23,25). The van der Waals surface area contributed by atoms with Crippen LogP contribution in [0.15, 0.2) is 24.3 Å². The first-order chi connectivity index (χ1) is 13.6. The number of aromatic nitrogens is 1. The predicted molar refractivity (Wildman–Crippen MR) is 110 cm³/mol. The molecule has 2 aliphatic rings. The Bertz CT molecular complexity index is 802. The van der Waals surface area contributed by atoms with Gasteiger partial charge in [0.25, 0.3) is 5.91 Å². The lowest BCUT2D eigenvalue weighted by atomic mass is 9.72. The number of nitrogens with zero attached hydrogens (tertiary/aromatic N) is 1. The number of rotatable bonds is 6. The van der Waals surface area contributed by atoms with Crippen molar-refractivity contribution in [2.24, 2.45) is 5.41 Å². The van der Waals surface area contributed by atoms with Crippen molar-refractivity contribution in [2.75, 3.05) is 6.61 Å². The van der Waals surface area contributed by atoms with Gasteiger partial charge in [0.05, 0.1) is 20.6 Å². The molecule has 2 aliphatic carbocycles. The number of benzene rings is 1. The lowest BCUT2D eigenvalue weighted by Crippen LogP contribution is -2.41. The molecule has 0 aliphatic heterocycles. The van der Waals surface area contributed by atoms with Crippen molar-refractivity contribution in [1.82, 2.24) is 10.3 Å². The highest BCUT2D eigenvalue weighted by atomic mass is 32.1. The van der Waals surface area contributed by atoms with Crippen molar-refractivity contribution in [1.29, 1.82) is 0 Å². The molecule has 0 bridgehead atoms. The number of amides is 1. The number of carbonyl (C=O) groups is 2. The van der Waals surface area contributed by atoms with E-state index >= 15 is 0 Å². The van der Waals surface area contributed by atoms with Gasteiger partial charge in [-0.2, -0.15) is 0 Å². The number of ether oxygens (including phenoxy) is 1. The van der Waals surface area contributed by atoms with Crippen LogP contribution in [0.2, 0.25) is 0 Å². The summed E-state index contributed by atoms with van der Waals surface area (Å²) in [5, 5.41) is 3.97. The number of para-hydroxylation sites is 1. The molecular formula is C22H28N2O3S. The lowest BCUT2D eigenvalue weighted by Gasteiger charge is -2.34. The van der Waals surface area contributed by atoms with E-state index in [0.717, 1.165) is 73.0 Å². The van der Waals surface area contributed by atoms with Crippen LogP contribution >= 0.6 is 11.3 Å². The van der Waals surface area contributed by atoms with Gasteiger partial charge in [0.15, 0.2) is 6.61 Å². The summed E-state index contributed by atoms with van der Waals surface area (Å²) in [5.41, 5.74) is 0.442. The van der Waals surface area contributed by atoms with Gasteiger partial charge in [0.2, 0.25) is 0 Å². The number of esters is 1. The van der Waals surface area contributed by atoms with E-state index in [1.807, 2.05) is 18.2 Å². The largest absolute Gasteiger partial charge is 0.455 e. The van der Waals surface area contributed by atoms with Gasteiger partial charge in [-0.15, -0.1) is 11.3 Å².